The summed E-state index contributed by atoms with van der Waals surface area (Å²) in [6, 6.07) is 18.5. The predicted octanol–water partition coefficient (Wildman–Crippen LogP) is 4.21. The van der Waals surface area contributed by atoms with Crippen LogP contribution in [0.25, 0.3) is 17.0 Å². The lowest BCUT2D eigenvalue weighted by Gasteiger charge is -2.14. The Morgan fingerprint density at radius 1 is 1.08 bits per heavy atom. The van der Waals surface area contributed by atoms with Crippen LogP contribution in [0.2, 0.25) is 0 Å². The lowest BCUT2D eigenvalue weighted by Crippen LogP contribution is -2.26. The fourth-order valence-corrected chi connectivity index (χ4v) is 3.75. The minimum atomic E-state index is 0.103. The first-order chi connectivity index (χ1) is 12.2. The maximum Gasteiger partial charge on any atom is 0.246 e. The van der Waals surface area contributed by atoms with Gasteiger partial charge >= 0.3 is 0 Å². The van der Waals surface area contributed by atoms with Crippen molar-refractivity contribution in [2.45, 2.75) is 12.3 Å². The zero-order chi connectivity index (χ0) is 17.2. The van der Waals surface area contributed by atoms with Gasteiger partial charge in [-0.3, -0.25) is 4.79 Å². The lowest BCUT2D eigenvalue weighted by atomic mass is 9.98. The number of aryl methyl sites for hydroxylation is 1. The molecule has 0 saturated carbocycles. The van der Waals surface area contributed by atoms with Crippen molar-refractivity contribution in [1.29, 1.82) is 0 Å². The van der Waals surface area contributed by atoms with Gasteiger partial charge in [-0.1, -0.05) is 48.5 Å². The number of amides is 1. The largest absolute Gasteiger partial charge is 0.350 e. The third-order valence-corrected chi connectivity index (χ3v) is 5.09. The molecule has 4 rings (SSSR count). The van der Waals surface area contributed by atoms with Gasteiger partial charge in [-0.05, 0) is 29.7 Å². The summed E-state index contributed by atoms with van der Waals surface area (Å²) >= 11 is 0. The van der Waals surface area contributed by atoms with Crippen molar-refractivity contribution in [2.75, 3.05) is 13.1 Å². The van der Waals surface area contributed by atoms with Gasteiger partial charge in [0.2, 0.25) is 5.91 Å². The average molecular weight is 330 g/mol. The number of para-hydroxylation sites is 1. The summed E-state index contributed by atoms with van der Waals surface area (Å²) in [4.78, 5) is 14.5. The third-order valence-electron chi connectivity index (χ3n) is 5.09. The lowest BCUT2D eigenvalue weighted by molar-refractivity contribution is -0.124. The second kappa shape index (κ2) is 6.60. The number of rotatable bonds is 3. The quantitative estimate of drug-likeness (QED) is 0.661. The predicted molar refractivity (Wildman–Crippen MR) is 102 cm³/mol. The van der Waals surface area contributed by atoms with Crippen molar-refractivity contribution < 1.29 is 4.79 Å². The van der Waals surface area contributed by atoms with Crippen LogP contribution in [-0.4, -0.2) is 28.5 Å². The Balaban J connectivity index is 1.49. The van der Waals surface area contributed by atoms with E-state index in [4.69, 9.17) is 0 Å². The molecule has 1 atom stereocenters. The zero-order valence-electron chi connectivity index (χ0n) is 14.4. The molecule has 3 nitrogen and oxygen atoms in total. The number of hydrogen-bond acceptors (Lipinski definition) is 1. The number of benzene rings is 2. The molecule has 1 amide bonds. The van der Waals surface area contributed by atoms with Gasteiger partial charge in [-0.25, -0.2) is 0 Å². The number of likely N-dealkylation sites (tertiary alicyclic amines) is 1. The number of nitrogens with zero attached hydrogens (tertiary/aromatic N) is 2. The number of hydrogen-bond donors (Lipinski definition) is 0. The van der Waals surface area contributed by atoms with E-state index >= 15 is 0 Å². The first-order valence-corrected chi connectivity index (χ1v) is 8.78. The van der Waals surface area contributed by atoms with Crippen LogP contribution < -0.4 is 0 Å². The highest BCUT2D eigenvalue weighted by molar-refractivity contribution is 5.92. The Morgan fingerprint density at radius 2 is 1.84 bits per heavy atom. The fourth-order valence-electron chi connectivity index (χ4n) is 3.75. The summed E-state index contributed by atoms with van der Waals surface area (Å²) in [7, 11) is 2.09. The van der Waals surface area contributed by atoms with E-state index in [-0.39, 0.29) is 5.91 Å². The molecule has 1 unspecified atom stereocenters. The molecule has 1 aliphatic rings. The minimum Gasteiger partial charge on any atom is -0.350 e. The number of carbonyl (C=O) groups excluding carboxylic acids is 1. The normalized spacial score (nSPS) is 17.6. The molecular weight excluding hydrogens is 308 g/mol. The molecule has 0 N–H and O–H groups in total. The van der Waals surface area contributed by atoms with Crippen molar-refractivity contribution >= 4 is 22.9 Å². The van der Waals surface area contributed by atoms with Gasteiger partial charge in [0.15, 0.2) is 0 Å². The van der Waals surface area contributed by atoms with Crippen LogP contribution in [-0.2, 0) is 11.8 Å². The zero-order valence-corrected chi connectivity index (χ0v) is 14.4. The van der Waals surface area contributed by atoms with Crippen molar-refractivity contribution in [1.82, 2.24) is 9.47 Å². The first kappa shape index (κ1) is 15.7. The molecule has 3 aromatic rings. The smallest absolute Gasteiger partial charge is 0.246 e. The fraction of sp³-hybridized carbons (Fsp3) is 0.227. The summed E-state index contributed by atoms with van der Waals surface area (Å²) in [5.41, 5.74) is 3.67. The molecular formula is C22H22N2O. The second-order valence-corrected chi connectivity index (χ2v) is 6.73. The standard InChI is InChI=1S/C22H22N2O/c1-23-16-20(19-9-5-6-10-21(19)23)18-13-14-24(15-18)22(25)12-11-17-7-3-2-4-8-17/h2-12,16,18H,13-15H2,1H3. The number of aromatic nitrogens is 1. The average Bonchev–Trinajstić information content (AvgIpc) is 3.26. The van der Waals surface area contributed by atoms with Crippen LogP contribution in [0.3, 0.4) is 0 Å². The van der Waals surface area contributed by atoms with Crippen molar-refractivity contribution in [3.63, 3.8) is 0 Å². The van der Waals surface area contributed by atoms with Crippen LogP contribution in [0, 0.1) is 0 Å². The third kappa shape index (κ3) is 3.10. The molecule has 1 saturated heterocycles. The van der Waals surface area contributed by atoms with Crippen LogP contribution in [0.15, 0.2) is 66.9 Å². The number of fused-ring (bicyclic) bond motifs is 1. The molecule has 2 aromatic carbocycles. The Labute approximate surface area is 148 Å². The second-order valence-electron chi connectivity index (χ2n) is 6.73. The molecule has 25 heavy (non-hydrogen) atoms. The molecule has 0 aliphatic carbocycles. The van der Waals surface area contributed by atoms with Crippen molar-refractivity contribution in [3.05, 3.63) is 78.0 Å². The van der Waals surface area contributed by atoms with E-state index in [0.29, 0.717) is 5.92 Å². The van der Waals surface area contributed by atoms with Crippen LogP contribution >= 0.6 is 0 Å². The Morgan fingerprint density at radius 3 is 2.68 bits per heavy atom. The van der Waals surface area contributed by atoms with E-state index in [0.717, 1.165) is 25.1 Å². The molecule has 1 aliphatic heterocycles. The highest BCUT2D eigenvalue weighted by Gasteiger charge is 2.28. The van der Waals surface area contributed by atoms with E-state index in [1.165, 1.54) is 16.5 Å². The van der Waals surface area contributed by atoms with E-state index < -0.39 is 0 Å². The summed E-state index contributed by atoms with van der Waals surface area (Å²) in [5.74, 6) is 0.520. The molecule has 1 aromatic heterocycles. The maximum absolute atomic E-state index is 12.5. The topological polar surface area (TPSA) is 25.2 Å². The summed E-state index contributed by atoms with van der Waals surface area (Å²) < 4.78 is 2.18. The van der Waals surface area contributed by atoms with Crippen molar-refractivity contribution in [3.8, 4) is 0 Å². The summed E-state index contributed by atoms with van der Waals surface area (Å²) in [6.07, 6.45) is 6.84. The van der Waals surface area contributed by atoms with Crippen LogP contribution in [0.1, 0.15) is 23.5 Å². The van der Waals surface area contributed by atoms with Gasteiger partial charge in [-0.2, -0.15) is 0 Å². The number of carbonyl (C=O) groups is 1. The van der Waals surface area contributed by atoms with Gasteiger partial charge < -0.3 is 9.47 Å². The Hall–Kier alpha value is -2.81. The molecule has 0 spiro atoms. The van der Waals surface area contributed by atoms with E-state index in [1.54, 1.807) is 6.08 Å². The Bertz CT molecular complexity index is 924. The SMILES string of the molecule is Cn1cc(C2CCN(C(=O)C=Cc3ccccc3)C2)c2ccccc21. The summed E-state index contributed by atoms with van der Waals surface area (Å²) in [5, 5.41) is 1.31. The van der Waals surface area contributed by atoms with Crippen LogP contribution in [0.4, 0.5) is 0 Å². The molecule has 3 heteroatoms. The summed E-state index contributed by atoms with van der Waals surface area (Å²) in [6.45, 7) is 1.62. The monoisotopic (exact) mass is 330 g/mol. The molecule has 1 fully saturated rings. The van der Waals surface area contributed by atoms with Gasteiger partial charge in [-0.15, -0.1) is 0 Å². The molecule has 126 valence electrons. The highest BCUT2D eigenvalue weighted by Crippen LogP contribution is 2.33. The van der Waals surface area contributed by atoms with Gasteiger partial charge in [0.25, 0.3) is 0 Å². The van der Waals surface area contributed by atoms with E-state index in [9.17, 15) is 4.79 Å². The van der Waals surface area contributed by atoms with Gasteiger partial charge in [0, 0.05) is 49.2 Å². The van der Waals surface area contributed by atoms with Gasteiger partial charge in [0.05, 0.1) is 0 Å². The van der Waals surface area contributed by atoms with Crippen LogP contribution in [0.5, 0.6) is 0 Å². The first-order valence-electron chi connectivity index (χ1n) is 8.78. The van der Waals surface area contributed by atoms with E-state index in [1.807, 2.05) is 41.3 Å². The molecule has 0 radical (unpaired) electrons. The van der Waals surface area contributed by atoms with Crippen molar-refractivity contribution in [2.24, 2.45) is 7.05 Å². The molecule has 0 bridgehead atoms. The van der Waals surface area contributed by atoms with E-state index in [2.05, 4.69) is 42.1 Å². The Kier molecular flexibility index (Phi) is 4.14. The highest BCUT2D eigenvalue weighted by atomic mass is 16.2. The van der Waals surface area contributed by atoms with Gasteiger partial charge in [0.1, 0.15) is 0 Å². The maximum atomic E-state index is 12.5. The minimum absolute atomic E-state index is 0.103. The molecule has 2 heterocycles.